The van der Waals surface area contributed by atoms with E-state index >= 15 is 0 Å². The van der Waals surface area contributed by atoms with Gasteiger partial charge in [0.2, 0.25) is 11.8 Å². The fourth-order valence-electron chi connectivity index (χ4n) is 6.04. The number of carbonyl (C=O) groups excluding carboxylic acids is 4. The van der Waals surface area contributed by atoms with Gasteiger partial charge in [-0.3, -0.25) is 34.7 Å². The van der Waals surface area contributed by atoms with E-state index in [4.69, 9.17) is 28.4 Å². The number of nitrogens with one attached hydrogen (secondary N) is 2. The van der Waals surface area contributed by atoms with Gasteiger partial charge in [0.15, 0.2) is 23.0 Å². The van der Waals surface area contributed by atoms with Crippen LogP contribution in [0.5, 0.6) is 23.0 Å². The maximum absolute atomic E-state index is 13.7. The predicted octanol–water partition coefficient (Wildman–Crippen LogP) is 5.17. The largest absolute Gasteiger partial charge is 0.493 e. The number of carbonyl (C=O) groups is 4. The second-order valence-electron chi connectivity index (χ2n) is 13.9. The Hall–Kier alpha value is -6.40. The molecular formula is C39H51N5O14. The fourth-order valence-corrected chi connectivity index (χ4v) is 6.04. The normalized spacial score (nSPS) is 14.5. The van der Waals surface area contributed by atoms with E-state index in [1.54, 1.807) is 13.8 Å². The van der Waals surface area contributed by atoms with Crippen LogP contribution in [0.1, 0.15) is 58.1 Å². The molecule has 316 valence electrons. The monoisotopic (exact) mass is 813 g/mol. The summed E-state index contributed by atoms with van der Waals surface area (Å²) in [5, 5.41) is 29.1. The van der Waals surface area contributed by atoms with Crippen molar-refractivity contribution in [2.75, 3.05) is 34.0 Å². The number of rotatable bonds is 22. The van der Waals surface area contributed by atoms with Crippen molar-refractivity contribution >= 4 is 35.3 Å². The maximum atomic E-state index is 13.7. The van der Waals surface area contributed by atoms with Gasteiger partial charge in [0.1, 0.15) is 44.6 Å². The number of methoxy groups -OCH3 is 2. The molecule has 3 amide bonds. The van der Waals surface area contributed by atoms with E-state index < -0.39 is 71.0 Å². The number of hydrogen-bond acceptors (Lipinski definition) is 14. The van der Waals surface area contributed by atoms with Crippen molar-refractivity contribution in [3.63, 3.8) is 0 Å². The summed E-state index contributed by atoms with van der Waals surface area (Å²) in [6, 6.07) is 1.59. The first kappa shape index (κ1) is 46.0. The van der Waals surface area contributed by atoms with Crippen LogP contribution in [0.15, 0.2) is 49.6 Å². The number of esters is 1. The van der Waals surface area contributed by atoms with Gasteiger partial charge in [-0.25, -0.2) is 9.59 Å². The van der Waals surface area contributed by atoms with Crippen molar-refractivity contribution in [2.24, 2.45) is 11.8 Å². The number of nitrogens with zero attached hydrogens (tertiary/aromatic N) is 3. The van der Waals surface area contributed by atoms with Gasteiger partial charge in [0, 0.05) is 6.54 Å². The lowest BCUT2D eigenvalue weighted by atomic mass is 10.00. The zero-order valence-electron chi connectivity index (χ0n) is 33.5. The van der Waals surface area contributed by atoms with Crippen molar-refractivity contribution in [3.8, 4) is 23.0 Å². The highest BCUT2D eigenvalue weighted by atomic mass is 16.6. The van der Waals surface area contributed by atoms with Crippen LogP contribution in [0.25, 0.3) is 0 Å². The highest BCUT2D eigenvalue weighted by Gasteiger charge is 2.38. The Labute approximate surface area is 335 Å². The van der Waals surface area contributed by atoms with E-state index in [9.17, 15) is 39.4 Å². The molecule has 1 saturated heterocycles. The quantitative estimate of drug-likeness (QED) is 0.0676. The number of amides is 3. The first-order chi connectivity index (χ1) is 27.6. The number of hydrogen-bond donors (Lipinski definition) is 2. The summed E-state index contributed by atoms with van der Waals surface area (Å²) >= 11 is 0. The molecule has 0 aromatic heterocycles. The molecule has 0 unspecified atom stereocenters. The smallest absolute Gasteiger partial charge is 0.410 e. The molecule has 0 saturated carbocycles. The van der Waals surface area contributed by atoms with Crippen LogP contribution >= 0.6 is 0 Å². The molecule has 0 aliphatic carbocycles. The number of ether oxygens (including phenoxy) is 6. The van der Waals surface area contributed by atoms with Gasteiger partial charge in [0.25, 0.3) is 11.4 Å². The molecule has 1 heterocycles. The Morgan fingerprint density at radius 1 is 0.828 bits per heavy atom. The molecule has 3 atom stereocenters. The Balaban J connectivity index is 1.73. The highest BCUT2D eigenvalue weighted by Crippen LogP contribution is 2.37. The second-order valence-corrected chi connectivity index (χ2v) is 13.9. The summed E-state index contributed by atoms with van der Waals surface area (Å²) < 4.78 is 32.4. The van der Waals surface area contributed by atoms with E-state index in [1.165, 1.54) is 43.4 Å². The van der Waals surface area contributed by atoms with Gasteiger partial charge in [-0.05, 0) is 43.2 Å². The Morgan fingerprint density at radius 3 is 1.79 bits per heavy atom. The summed E-state index contributed by atoms with van der Waals surface area (Å²) in [7, 11) is 2.70. The number of benzene rings is 2. The van der Waals surface area contributed by atoms with E-state index in [-0.39, 0.29) is 84.0 Å². The van der Waals surface area contributed by atoms with Crippen LogP contribution in [-0.2, 0) is 37.1 Å². The van der Waals surface area contributed by atoms with Crippen molar-refractivity contribution < 1.29 is 57.4 Å². The van der Waals surface area contributed by atoms with Crippen molar-refractivity contribution in [2.45, 2.75) is 78.3 Å². The molecule has 19 nitrogen and oxygen atoms in total. The fraction of sp³-hybridized carbons (Fsp3) is 0.487. The van der Waals surface area contributed by atoms with E-state index in [0.29, 0.717) is 6.42 Å². The molecule has 19 heteroatoms. The van der Waals surface area contributed by atoms with Crippen molar-refractivity contribution in [1.82, 2.24) is 15.5 Å². The summed E-state index contributed by atoms with van der Waals surface area (Å²) in [4.78, 5) is 77.7. The van der Waals surface area contributed by atoms with E-state index in [1.807, 2.05) is 13.8 Å². The number of likely N-dealkylation sites (tertiary alicyclic amines) is 1. The molecule has 1 aliphatic heterocycles. The molecular weight excluding hydrogens is 762 g/mol. The average molecular weight is 814 g/mol. The molecule has 58 heavy (non-hydrogen) atoms. The first-order valence-electron chi connectivity index (χ1n) is 18.4. The molecule has 2 aromatic rings. The summed E-state index contributed by atoms with van der Waals surface area (Å²) in [6.07, 6.45) is 2.87. The van der Waals surface area contributed by atoms with Crippen LogP contribution in [-0.4, -0.2) is 90.7 Å². The standard InChI is InChI=1S/C39H51N5O14/c1-9-14-55-33-19-29(43(49)50)25(17-31(33)53-7)21-57-38(47)35(24(5)6)41-36(45)27(16-23(3)4)40-37(46)28-12-11-13-42(28)39(48)58-22-26-18-32(54-8)34(56-15-10-2)20-30(26)44(51)52/h9-10,17-20,23-24,27-28,35H,1-2,11-16,21-22H2,3-8H3,(H,40,46)(H,41,45)/t27-,28-,35-/m0/s1. The van der Waals surface area contributed by atoms with Crippen LogP contribution in [0.4, 0.5) is 16.2 Å². The lowest BCUT2D eigenvalue weighted by molar-refractivity contribution is -0.386. The van der Waals surface area contributed by atoms with Gasteiger partial charge in [-0.1, -0.05) is 53.0 Å². The average Bonchev–Trinajstić information content (AvgIpc) is 3.69. The van der Waals surface area contributed by atoms with Gasteiger partial charge < -0.3 is 39.1 Å². The van der Waals surface area contributed by atoms with Gasteiger partial charge in [0.05, 0.1) is 47.3 Å². The third-order valence-electron chi connectivity index (χ3n) is 8.91. The lowest BCUT2D eigenvalue weighted by Crippen LogP contribution is -2.56. The minimum Gasteiger partial charge on any atom is -0.493 e. The second kappa shape index (κ2) is 21.8. The Morgan fingerprint density at radius 2 is 1.34 bits per heavy atom. The van der Waals surface area contributed by atoms with Crippen LogP contribution in [0.3, 0.4) is 0 Å². The lowest BCUT2D eigenvalue weighted by Gasteiger charge is -2.28. The van der Waals surface area contributed by atoms with Crippen LogP contribution in [0.2, 0.25) is 0 Å². The Bertz CT molecular complexity index is 1850. The molecule has 0 bridgehead atoms. The Kier molecular flexibility index (Phi) is 17.3. The number of nitro groups is 2. The predicted molar refractivity (Wildman–Crippen MR) is 209 cm³/mol. The SMILES string of the molecule is C=CCOc1cc([N+](=O)[O-])c(COC(=O)[C@@H](NC(=O)[C@H](CC(C)C)NC(=O)[C@@H]2CCCN2C(=O)OCc2cc(OC)c(OCC=C)cc2[N+](=O)[O-])C(C)C)cc1OC. The van der Waals surface area contributed by atoms with E-state index in [2.05, 4.69) is 23.8 Å². The minimum atomic E-state index is -1.21. The van der Waals surface area contributed by atoms with Crippen molar-refractivity contribution in [1.29, 1.82) is 0 Å². The summed E-state index contributed by atoms with van der Waals surface area (Å²) in [5.41, 5.74) is -0.713. The molecule has 1 aliphatic rings. The van der Waals surface area contributed by atoms with E-state index in [0.717, 1.165) is 12.1 Å². The summed E-state index contributed by atoms with van der Waals surface area (Å²) in [6.45, 7) is 13.3. The minimum absolute atomic E-state index is 0.0179. The highest BCUT2D eigenvalue weighted by molar-refractivity contribution is 5.93. The number of nitro benzene ring substituents is 2. The third kappa shape index (κ3) is 12.3. The van der Waals surface area contributed by atoms with Gasteiger partial charge in [-0.15, -0.1) is 0 Å². The maximum Gasteiger partial charge on any atom is 0.410 e. The molecule has 1 fully saturated rings. The van der Waals surface area contributed by atoms with Crippen LogP contribution in [0, 0.1) is 32.1 Å². The molecule has 0 radical (unpaired) electrons. The van der Waals surface area contributed by atoms with Gasteiger partial charge in [-0.2, -0.15) is 0 Å². The zero-order valence-corrected chi connectivity index (χ0v) is 33.5. The van der Waals surface area contributed by atoms with Crippen LogP contribution < -0.4 is 29.6 Å². The first-order valence-corrected chi connectivity index (χ1v) is 18.4. The molecule has 0 spiro atoms. The molecule has 2 aromatic carbocycles. The topological polar surface area (TPSA) is 237 Å². The van der Waals surface area contributed by atoms with Crippen molar-refractivity contribution in [3.05, 3.63) is 80.9 Å². The molecule has 2 N–H and O–H groups in total. The third-order valence-corrected chi connectivity index (χ3v) is 8.91. The zero-order chi connectivity index (χ0) is 43.1. The molecule has 3 rings (SSSR count). The summed E-state index contributed by atoms with van der Waals surface area (Å²) in [5.74, 6) is -2.28. The van der Waals surface area contributed by atoms with Gasteiger partial charge >= 0.3 is 12.1 Å².